The zero-order chi connectivity index (χ0) is 21.6. The van der Waals surface area contributed by atoms with Crippen LogP contribution in [-0.2, 0) is 21.3 Å². The number of carbonyl (C=O) groups excluding carboxylic acids is 1. The largest absolute Gasteiger partial charge is 0.306 e. The highest BCUT2D eigenvalue weighted by Gasteiger charge is 2.33. The molecule has 0 saturated carbocycles. The van der Waals surface area contributed by atoms with Crippen molar-refractivity contribution in [2.75, 3.05) is 5.32 Å². The molecule has 1 N–H and O–H groups in total. The lowest BCUT2D eigenvalue weighted by atomic mass is 10.2. The monoisotopic (exact) mass is 450 g/mol. The van der Waals surface area contributed by atoms with Crippen molar-refractivity contribution in [1.29, 1.82) is 0 Å². The maximum Gasteiger partial charge on any atom is 0.269 e. The van der Waals surface area contributed by atoms with E-state index in [1.54, 1.807) is 0 Å². The number of non-ortho nitro benzene ring substituents is 1. The van der Waals surface area contributed by atoms with Crippen LogP contribution in [0, 0.1) is 15.9 Å². The summed E-state index contributed by atoms with van der Waals surface area (Å²) in [5, 5.41) is 17.5. The van der Waals surface area contributed by atoms with Gasteiger partial charge in [0.15, 0.2) is 9.84 Å². The van der Waals surface area contributed by atoms with Gasteiger partial charge in [-0.3, -0.25) is 14.9 Å². The van der Waals surface area contributed by atoms with Gasteiger partial charge in [-0.05, 0) is 24.3 Å². The summed E-state index contributed by atoms with van der Waals surface area (Å²) in [5.74, 6) is -2.36. The van der Waals surface area contributed by atoms with Gasteiger partial charge < -0.3 is 5.32 Å². The Kier molecular flexibility index (Phi) is 4.79. The van der Waals surface area contributed by atoms with E-state index in [0.29, 0.717) is 5.69 Å². The second kappa shape index (κ2) is 7.18. The Hall–Kier alpha value is -3.31. The molecular formula is C18H12ClFN4O5S. The Bertz CT molecular complexity index is 1280. The van der Waals surface area contributed by atoms with E-state index in [1.807, 2.05) is 0 Å². The van der Waals surface area contributed by atoms with E-state index in [1.165, 1.54) is 41.1 Å². The number of aromatic nitrogens is 2. The highest BCUT2D eigenvalue weighted by molar-refractivity contribution is 7.90. The fraction of sp³-hybridized carbons (Fsp3) is 0.111. The van der Waals surface area contributed by atoms with Crippen molar-refractivity contribution in [3.05, 3.63) is 80.2 Å². The number of nitro benzene ring substituents is 1. The molecule has 0 saturated heterocycles. The van der Waals surface area contributed by atoms with Crippen LogP contribution in [0.15, 0.2) is 42.5 Å². The van der Waals surface area contributed by atoms with Crippen LogP contribution in [0.25, 0.3) is 5.69 Å². The molecule has 0 atom stereocenters. The van der Waals surface area contributed by atoms with Gasteiger partial charge in [0, 0.05) is 17.7 Å². The number of nitrogens with one attached hydrogen (secondary N) is 1. The van der Waals surface area contributed by atoms with Crippen LogP contribution in [0.5, 0.6) is 0 Å². The average Bonchev–Trinajstić information content (AvgIpc) is 3.14. The van der Waals surface area contributed by atoms with Gasteiger partial charge in [0.2, 0.25) is 0 Å². The molecule has 2 aromatic carbocycles. The summed E-state index contributed by atoms with van der Waals surface area (Å²) < 4.78 is 39.4. The number of nitrogens with zero attached hydrogens (tertiary/aromatic N) is 3. The lowest BCUT2D eigenvalue weighted by Gasteiger charge is -2.12. The van der Waals surface area contributed by atoms with Crippen LogP contribution < -0.4 is 5.32 Å². The summed E-state index contributed by atoms with van der Waals surface area (Å²) in [6.07, 6.45) is 0. The van der Waals surface area contributed by atoms with Crippen LogP contribution >= 0.6 is 11.6 Å². The Morgan fingerprint density at radius 1 is 1.20 bits per heavy atom. The fourth-order valence-electron chi connectivity index (χ4n) is 3.16. The highest BCUT2D eigenvalue weighted by Crippen LogP contribution is 2.34. The van der Waals surface area contributed by atoms with Gasteiger partial charge in [0.25, 0.3) is 11.6 Å². The summed E-state index contributed by atoms with van der Waals surface area (Å²) in [6.45, 7) is 0. The average molecular weight is 451 g/mol. The van der Waals surface area contributed by atoms with Crippen LogP contribution in [0.4, 0.5) is 15.9 Å². The first-order valence-electron chi connectivity index (χ1n) is 8.47. The van der Waals surface area contributed by atoms with Gasteiger partial charge in [-0.15, -0.1) is 0 Å². The maximum atomic E-state index is 14.1. The van der Waals surface area contributed by atoms with Crippen molar-refractivity contribution in [2.45, 2.75) is 11.5 Å². The zero-order valence-electron chi connectivity index (χ0n) is 15.0. The summed E-state index contributed by atoms with van der Waals surface area (Å²) >= 11 is 5.95. The van der Waals surface area contributed by atoms with Crippen molar-refractivity contribution in [3.8, 4) is 5.69 Å². The maximum absolute atomic E-state index is 14.1. The predicted molar refractivity (Wildman–Crippen MR) is 106 cm³/mol. The Balaban J connectivity index is 1.80. The minimum atomic E-state index is -3.43. The van der Waals surface area contributed by atoms with E-state index < -0.39 is 32.0 Å². The second-order valence-corrected chi connectivity index (χ2v) is 9.01. The molecule has 4 rings (SSSR count). The smallest absolute Gasteiger partial charge is 0.269 e. The minimum Gasteiger partial charge on any atom is -0.306 e. The Morgan fingerprint density at radius 3 is 2.53 bits per heavy atom. The van der Waals surface area contributed by atoms with Crippen molar-refractivity contribution in [2.24, 2.45) is 0 Å². The molecule has 0 radical (unpaired) electrons. The number of amides is 1. The number of rotatable bonds is 4. The quantitative estimate of drug-likeness (QED) is 0.480. The number of anilines is 1. The summed E-state index contributed by atoms with van der Waals surface area (Å²) in [7, 11) is -3.43. The molecule has 0 unspecified atom stereocenters. The first-order chi connectivity index (χ1) is 14.2. The molecule has 1 aliphatic rings. The van der Waals surface area contributed by atoms with Crippen molar-refractivity contribution in [3.63, 3.8) is 0 Å². The number of halogens is 2. The van der Waals surface area contributed by atoms with E-state index >= 15 is 0 Å². The molecule has 1 aromatic heterocycles. The zero-order valence-corrected chi connectivity index (χ0v) is 16.6. The third-order valence-corrected chi connectivity index (χ3v) is 6.27. The fourth-order valence-corrected chi connectivity index (χ4v) is 4.90. The van der Waals surface area contributed by atoms with Gasteiger partial charge in [-0.2, -0.15) is 5.10 Å². The molecule has 0 fully saturated rings. The molecule has 0 bridgehead atoms. The number of nitro groups is 1. The lowest BCUT2D eigenvalue weighted by Crippen LogP contribution is -2.18. The summed E-state index contributed by atoms with van der Waals surface area (Å²) in [6, 6.07) is 9.07. The van der Waals surface area contributed by atoms with Crippen LogP contribution in [0.3, 0.4) is 0 Å². The molecule has 2 heterocycles. The number of sulfone groups is 1. The number of hydrogen-bond acceptors (Lipinski definition) is 6. The third-order valence-electron chi connectivity index (χ3n) is 4.51. The van der Waals surface area contributed by atoms with Crippen LogP contribution in [0.1, 0.15) is 21.6 Å². The number of benzene rings is 2. The Labute approximate surface area is 174 Å². The molecule has 0 spiro atoms. The third kappa shape index (κ3) is 3.53. The van der Waals surface area contributed by atoms with Crippen LogP contribution in [-0.4, -0.2) is 29.0 Å². The van der Waals surface area contributed by atoms with E-state index in [4.69, 9.17) is 11.6 Å². The van der Waals surface area contributed by atoms with Crippen molar-refractivity contribution < 1.29 is 22.5 Å². The van der Waals surface area contributed by atoms with Crippen LogP contribution in [0.2, 0.25) is 5.02 Å². The topological polar surface area (TPSA) is 124 Å². The second-order valence-electron chi connectivity index (χ2n) is 6.54. The van der Waals surface area contributed by atoms with Gasteiger partial charge >= 0.3 is 0 Å². The standard InChI is InChI=1S/C18H12ClFN4O5S/c19-13-2-1-3-14(20)16(13)18(25)21-17-12-8-30(28,29)9-15(12)22-23(17)10-4-6-11(7-5-10)24(26)27/h1-7H,8-9H2,(H,21,25). The SMILES string of the molecule is O=C(Nc1c2c(nn1-c1ccc([N+](=O)[O-])cc1)CS(=O)(=O)C2)c1c(F)cccc1Cl. The molecule has 154 valence electrons. The molecule has 30 heavy (non-hydrogen) atoms. The molecular weight excluding hydrogens is 439 g/mol. The lowest BCUT2D eigenvalue weighted by molar-refractivity contribution is -0.384. The van der Waals surface area contributed by atoms with E-state index in [2.05, 4.69) is 10.4 Å². The molecule has 0 aliphatic carbocycles. The minimum absolute atomic E-state index is 0.0317. The number of hydrogen-bond donors (Lipinski definition) is 1. The van der Waals surface area contributed by atoms with Gasteiger partial charge in [0.1, 0.15) is 11.6 Å². The summed E-state index contributed by atoms with van der Waals surface area (Å²) in [4.78, 5) is 23.0. The van der Waals surface area contributed by atoms with E-state index in [-0.39, 0.29) is 39.3 Å². The van der Waals surface area contributed by atoms with Gasteiger partial charge in [-0.25, -0.2) is 17.5 Å². The van der Waals surface area contributed by atoms with Crippen molar-refractivity contribution >= 4 is 38.9 Å². The molecule has 12 heteroatoms. The van der Waals surface area contributed by atoms with Gasteiger partial charge in [0.05, 0.1) is 38.4 Å². The molecule has 1 aliphatic heterocycles. The molecule has 3 aromatic rings. The Morgan fingerprint density at radius 2 is 1.90 bits per heavy atom. The number of fused-ring (bicyclic) bond motifs is 1. The molecule has 9 nitrogen and oxygen atoms in total. The first-order valence-corrected chi connectivity index (χ1v) is 10.7. The normalized spacial score (nSPS) is 14.3. The number of carbonyl (C=O) groups is 1. The highest BCUT2D eigenvalue weighted by atomic mass is 35.5. The van der Waals surface area contributed by atoms with E-state index in [9.17, 15) is 27.7 Å². The van der Waals surface area contributed by atoms with E-state index in [0.717, 1.165) is 6.07 Å². The van der Waals surface area contributed by atoms with Gasteiger partial charge in [-0.1, -0.05) is 17.7 Å². The molecule has 1 amide bonds. The predicted octanol–water partition coefficient (Wildman–Crippen LogP) is 3.25. The van der Waals surface area contributed by atoms with Crippen molar-refractivity contribution in [1.82, 2.24) is 9.78 Å². The summed E-state index contributed by atoms with van der Waals surface area (Å²) in [5.41, 5.74) is 0.315. The first kappa shape index (κ1) is 20.0.